The number of rotatable bonds is 6. The average molecular weight is 399 g/mol. The predicted molar refractivity (Wildman–Crippen MR) is 99.1 cm³/mol. The third-order valence-corrected chi connectivity index (χ3v) is 5.60. The van der Waals surface area contributed by atoms with Gasteiger partial charge in [0.15, 0.2) is 0 Å². The highest BCUT2D eigenvalue weighted by atomic mass is 35.5. The minimum Gasteiger partial charge on any atom is -0.337 e. The molecule has 0 atom stereocenters. The predicted octanol–water partition coefficient (Wildman–Crippen LogP) is 3.44. The molecule has 1 N–H and O–H groups in total. The van der Waals surface area contributed by atoms with Gasteiger partial charge >= 0.3 is 0 Å². The van der Waals surface area contributed by atoms with Crippen LogP contribution in [0.25, 0.3) is 0 Å². The van der Waals surface area contributed by atoms with Gasteiger partial charge in [-0.15, -0.1) is 0 Å². The maximum atomic E-state index is 13.9. The van der Waals surface area contributed by atoms with Crippen molar-refractivity contribution in [2.24, 2.45) is 0 Å². The van der Waals surface area contributed by atoms with Crippen molar-refractivity contribution in [2.45, 2.75) is 31.3 Å². The molecule has 2 aromatic rings. The Bertz CT molecular complexity index is 896. The average Bonchev–Trinajstić information content (AvgIpc) is 2.56. The molecule has 0 bridgehead atoms. The van der Waals surface area contributed by atoms with Crippen molar-refractivity contribution in [3.05, 3.63) is 64.4 Å². The molecular weight excluding hydrogens is 379 g/mol. The third-order valence-electron chi connectivity index (χ3n) is 3.59. The van der Waals surface area contributed by atoms with Crippen LogP contribution in [-0.4, -0.2) is 32.3 Å². The number of sulfonamides is 1. The lowest BCUT2D eigenvalue weighted by molar-refractivity contribution is 0.0783. The molecule has 5 nitrogen and oxygen atoms in total. The standard InChI is InChI=1S/C18H20ClFN2O3S/c1-12(2)21-26(24,25)14-7-4-6-13(10-14)18(23)22(3)11-15-16(19)8-5-9-17(15)20/h4-10,12,21H,11H2,1-3H3. The number of carbonyl (C=O) groups excluding carboxylic acids is 1. The summed E-state index contributed by atoms with van der Waals surface area (Å²) in [7, 11) is -2.22. The Morgan fingerprint density at radius 1 is 1.23 bits per heavy atom. The van der Waals surface area contributed by atoms with E-state index in [1.54, 1.807) is 19.9 Å². The lowest BCUT2D eigenvalue weighted by Crippen LogP contribution is -2.31. The second-order valence-electron chi connectivity index (χ2n) is 6.17. The van der Waals surface area contributed by atoms with Gasteiger partial charge in [-0.3, -0.25) is 4.79 Å². The quantitative estimate of drug-likeness (QED) is 0.810. The Morgan fingerprint density at radius 3 is 2.50 bits per heavy atom. The first-order valence-electron chi connectivity index (χ1n) is 7.92. The van der Waals surface area contributed by atoms with Gasteiger partial charge in [-0.05, 0) is 44.2 Å². The van der Waals surface area contributed by atoms with Crippen LogP contribution < -0.4 is 4.72 Å². The summed E-state index contributed by atoms with van der Waals surface area (Å²) in [5.41, 5.74) is 0.391. The molecule has 0 aromatic heterocycles. The van der Waals surface area contributed by atoms with E-state index in [4.69, 9.17) is 11.6 Å². The number of nitrogens with zero attached hydrogens (tertiary/aromatic N) is 1. The molecule has 0 spiro atoms. The van der Waals surface area contributed by atoms with Crippen LogP contribution in [0, 0.1) is 5.82 Å². The Morgan fingerprint density at radius 2 is 1.88 bits per heavy atom. The molecule has 0 aliphatic heterocycles. The molecule has 0 saturated heterocycles. The van der Waals surface area contributed by atoms with Crippen molar-refractivity contribution in [2.75, 3.05) is 7.05 Å². The number of halogens is 2. The van der Waals surface area contributed by atoms with Gasteiger partial charge in [-0.25, -0.2) is 17.5 Å². The van der Waals surface area contributed by atoms with E-state index < -0.39 is 21.7 Å². The summed E-state index contributed by atoms with van der Waals surface area (Å²) in [6.07, 6.45) is 0. The number of nitrogens with one attached hydrogen (secondary N) is 1. The Labute approximate surface area is 157 Å². The molecular formula is C18H20ClFN2O3S. The van der Waals surface area contributed by atoms with Crippen molar-refractivity contribution in [1.29, 1.82) is 0 Å². The molecule has 0 saturated carbocycles. The third kappa shape index (κ3) is 4.81. The fraction of sp³-hybridized carbons (Fsp3) is 0.278. The number of carbonyl (C=O) groups is 1. The highest BCUT2D eigenvalue weighted by molar-refractivity contribution is 7.89. The summed E-state index contributed by atoms with van der Waals surface area (Å²) < 4.78 is 40.9. The summed E-state index contributed by atoms with van der Waals surface area (Å²) in [6.45, 7) is 3.38. The van der Waals surface area contributed by atoms with E-state index in [9.17, 15) is 17.6 Å². The zero-order valence-corrected chi connectivity index (χ0v) is 16.2. The van der Waals surface area contributed by atoms with Crippen LogP contribution in [0.2, 0.25) is 5.02 Å². The summed E-state index contributed by atoms with van der Waals surface area (Å²) >= 11 is 5.99. The maximum Gasteiger partial charge on any atom is 0.253 e. The smallest absolute Gasteiger partial charge is 0.253 e. The van der Waals surface area contributed by atoms with Gasteiger partial charge in [0.1, 0.15) is 5.82 Å². The first-order valence-corrected chi connectivity index (χ1v) is 9.78. The maximum absolute atomic E-state index is 13.9. The minimum absolute atomic E-state index is 0.00521. The zero-order valence-electron chi connectivity index (χ0n) is 14.7. The van der Waals surface area contributed by atoms with Crippen LogP contribution in [-0.2, 0) is 16.6 Å². The van der Waals surface area contributed by atoms with Crippen molar-refractivity contribution in [3.63, 3.8) is 0 Å². The molecule has 0 aliphatic rings. The van der Waals surface area contributed by atoms with Gasteiger partial charge in [0, 0.05) is 35.8 Å². The lowest BCUT2D eigenvalue weighted by atomic mass is 10.1. The lowest BCUT2D eigenvalue weighted by Gasteiger charge is -2.19. The van der Waals surface area contributed by atoms with Crippen LogP contribution in [0.1, 0.15) is 29.8 Å². The van der Waals surface area contributed by atoms with Gasteiger partial charge in [-0.1, -0.05) is 23.7 Å². The highest BCUT2D eigenvalue weighted by Gasteiger charge is 2.20. The van der Waals surface area contributed by atoms with Crippen LogP contribution in [0.15, 0.2) is 47.4 Å². The van der Waals surface area contributed by atoms with Crippen molar-refractivity contribution < 1.29 is 17.6 Å². The molecule has 0 unspecified atom stereocenters. The summed E-state index contributed by atoms with van der Waals surface area (Å²) in [5.74, 6) is -0.944. The number of amides is 1. The van der Waals surface area contributed by atoms with E-state index in [-0.39, 0.29) is 33.6 Å². The van der Waals surface area contributed by atoms with Crippen molar-refractivity contribution in [3.8, 4) is 0 Å². The van der Waals surface area contributed by atoms with Crippen LogP contribution in [0.5, 0.6) is 0 Å². The SMILES string of the molecule is CC(C)NS(=O)(=O)c1cccc(C(=O)N(C)Cc2c(F)cccc2Cl)c1. The summed E-state index contributed by atoms with van der Waals surface area (Å²) in [6, 6.07) is 9.74. The van der Waals surface area contributed by atoms with Crippen molar-refractivity contribution in [1.82, 2.24) is 9.62 Å². The molecule has 0 fully saturated rings. The summed E-state index contributed by atoms with van der Waals surface area (Å²) in [4.78, 5) is 13.9. The van der Waals surface area contributed by atoms with Crippen LogP contribution >= 0.6 is 11.6 Å². The Balaban J connectivity index is 2.26. The van der Waals surface area contributed by atoms with Crippen LogP contribution in [0.4, 0.5) is 4.39 Å². The fourth-order valence-corrected chi connectivity index (χ4v) is 3.91. The van der Waals surface area contributed by atoms with Gasteiger partial charge in [0.25, 0.3) is 5.91 Å². The van der Waals surface area contributed by atoms with Gasteiger partial charge < -0.3 is 4.90 Å². The molecule has 2 rings (SSSR count). The van der Waals surface area contributed by atoms with Gasteiger partial charge in [0.05, 0.1) is 4.90 Å². The van der Waals surface area contributed by atoms with E-state index in [1.807, 2.05) is 0 Å². The van der Waals surface area contributed by atoms with E-state index in [0.717, 1.165) is 0 Å². The second-order valence-corrected chi connectivity index (χ2v) is 8.29. The van der Waals surface area contributed by atoms with Gasteiger partial charge in [0.2, 0.25) is 10.0 Å². The van der Waals surface area contributed by atoms with E-state index in [1.165, 1.54) is 48.3 Å². The molecule has 8 heteroatoms. The Kier molecular flexibility index (Phi) is 6.39. The summed E-state index contributed by atoms with van der Waals surface area (Å²) in [5, 5.41) is 0.224. The molecule has 0 radical (unpaired) electrons. The van der Waals surface area contributed by atoms with E-state index in [0.29, 0.717) is 0 Å². The molecule has 2 aromatic carbocycles. The monoisotopic (exact) mass is 398 g/mol. The zero-order chi connectivity index (χ0) is 19.5. The normalized spacial score (nSPS) is 11.6. The number of hydrogen-bond acceptors (Lipinski definition) is 3. The molecule has 0 aliphatic carbocycles. The van der Waals surface area contributed by atoms with E-state index in [2.05, 4.69) is 4.72 Å². The first-order chi connectivity index (χ1) is 12.1. The topological polar surface area (TPSA) is 66.5 Å². The van der Waals surface area contributed by atoms with E-state index >= 15 is 0 Å². The van der Waals surface area contributed by atoms with Crippen LogP contribution in [0.3, 0.4) is 0 Å². The fourth-order valence-electron chi connectivity index (χ4n) is 2.39. The molecule has 0 heterocycles. The largest absolute Gasteiger partial charge is 0.337 e. The molecule has 140 valence electrons. The number of hydrogen-bond donors (Lipinski definition) is 1. The van der Waals surface area contributed by atoms with Gasteiger partial charge in [-0.2, -0.15) is 0 Å². The van der Waals surface area contributed by atoms with Crippen molar-refractivity contribution >= 4 is 27.5 Å². The highest BCUT2D eigenvalue weighted by Crippen LogP contribution is 2.21. The first kappa shape index (κ1) is 20.4. The second kappa shape index (κ2) is 8.16. The molecule has 1 amide bonds. The molecule has 26 heavy (non-hydrogen) atoms. The number of benzene rings is 2. The minimum atomic E-state index is -3.72. The Hall–Kier alpha value is -1.96.